The van der Waals surface area contributed by atoms with Gasteiger partial charge in [-0.05, 0) is 38.5 Å². The van der Waals surface area contributed by atoms with E-state index >= 15 is 0 Å². The van der Waals surface area contributed by atoms with Gasteiger partial charge in [-0.2, -0.15) is 0 Å². The van der Waals surface area contributed by atoms with E-state index in [1.165, 1.54) is 44.9 Å². The first-order chi connectivity index (χ1) is 19.1. The average Bonchev–Trinajstić information content (AvgIpc) is 2.89. The van der Waals surface area contributed by atoms with Crippen LogP contribution in [0.3, 0.4) is 0 Å². The lowest BCUT2D eigenvalue weighted by Gasteiger charge is -2.14. The van der Waals surface area contributed by atoms with Gasteiger partial charge in [-0.15, -0.1) is 0 Å². The number of aliphatic carboxylic acids is 3. The fourth-order valence-electron chi connectivity index (χ4n) is 4.41. The van der Waals surface area contributed by atoms with Crippen molar-refractivity contribution in [3.8, 4) is 0 Å². The number of unbranched alkanes of at least 4 members (excludes halogenated alkanes) is 14. The van der Waals surface area contributed by atoms with Crippen LogP contribution in [-0.4, -0.2) is 63.7 Å². The number of carbonyl (C=O) groups excluding carboxylic acids is 2. The van der Waals surface area contributed by atoms with Crippen molar-refractivity contribution in [2.45, 2.75) is 147 Å². The summed E-state index contributed by atoms with van der Waals surface area (Å²) in [5.41, 5.74) is 5.42. The molecule has 2 amide bonds. The Labute approximate surface area is 239 Å². The van der Waals surface area contributed by atoms with Crippen molar-refractivity contribution in [1.29, 1.82) is 0 Å². The smallest absolute Gasteiger partial charge is 0.326 e. The fraction of sp³-hybridized carbons (Fsp3) is 0.828. The number of carboxylic acids is 3. The Balaban J connectivity index is 3.69. The number of nitrogens with two attached hydrogens (primary N) is 1. The molecule has 0 heterocycles. The summed E-state index contributed by atoms with van der Waals surface area (Å²) in [6, 6.07) is -2.02. The van der Waals surface area contributed by atoms with Gasteiger partial charge < -0.3 is 31.7 Å². The Morgan fingerprint density at radius 2 is 1.00 bits per heavy atom. The summed E-state index contributed by atoms with van der Waals surface area (Å²) in [5, 5.41) is 31.9. The monoisotopic (exact) mass is 571 g/mol. The Kier molecular flexibility index (Phi) is 23.6. The molecule has 0 rings (SSSR count). The highest BCUT2D eigenvalue weighted by atomic mass is 16.4. The summed E-state index contributed by atoms with van der Waals surface area (Å²) < 4.78 is 0. The molecule has 0 saturated carbocycles. The van der Waals surface area contributed by atoms with Gasteiger partial charge in [0.1, 0.15) is 12.1 Å². The van der Waals surface area contributed by atoms with E-state index in [1.807, 2.05) is 0 Å². The van der Waals surface area contributed by atoms with Crippen LogP contribution in [0, 0.1) is 0 Å². The summed E-state index contributed by atoms with van der Waals surface area (Å²) in [7, 11) is 0. The van der Waals surface area contributed by atoms with Crippen molar-refractivity contribution < 1.29 is 39.3 Å². The zero-order chi connectivity index (χ0) is 30.0. The molecule has 11 nitrogen and oxygen atoms in total. The number of carboxylic acid groups (broad SMARTS) is 3. The number of amides is 2. The first-order valence-corrected chi connectivity index (χ1v) is 15.1. The van der Waals surface area contributed by atoms with Crippen LogP contribution in [0.5, 0.6) is 0 Å². The van der Waals surface area contributed by atoms with Crippen LogP contribution in [0.2, 0.25) is 0 Å². The first-order valence-electron chi connectivity index (χ1n) is 15.1. The van der Waals surface area contributed by atoms with Crippen molar-refractivity contribution in [1.82, 2.24) is 10.6 Å². The fourth-order valence-corrected chi connectivity index (χ4v) is 4.41. The van der Waals surface area contributed by atoms with Crippen LogP contribution in [-0.2, 0) is 24.0 Å². The third-order valence-electron chi connectivity index (χ3n) is 6.92. The minimum absolute atomic E-state index is 0.00356. The van der Waals surface area contributed by atoms with Crippen LogP contribution in [0.15, 0.2) is 0 Å². The number of hydrogen-bond donors (Lipinski definition) is 6. The molecule has 0 fully saturated rings. The van der Waals surface area contributed by atoms with Gasteiger partial charge in [-0.3, -0.25) is 19.2 Å². The Bertz CT molecular complexity index is 732. The van der Waals surface area contributed by atoms with E-state index in [9.17, 15) is 29.1 Å². The molecule has 0 aromatic carbocycles. The molecular weight excluding hydrogens is 518 g/mol. The van der Waals surface area contributed by atoms with Crippen LogP contribution in [0.1, 0.15) is 135 Å². The van der Waals surface area contributed by atoms with E-state index in [2.05, 4.69) is 10.6 Å². The quantitative estimate of drug-likeness (QED) is 0.0739. The second-order valence-corrected chi connectivity index (χ2v) is 10.6. The standard InChI is InChI=1S/C29H53N3O8/c30-23(28(37)38)17-15-16-22-31-25(33)21-20-24(29(39)40)32-26(34)18-13-11-9-7-5-3-1-2-4-6-8-10-12-14-19-27(35)36/h23-24H,1-22,30H2,(H,31,33)(H,32,34)(H,35,36)(H,37,38)(H,39,40)/t23-,24+/m0/s1. The van der Waals surface area contributed by atoms with Crippen LogP contribution in [0.4, 0.5) is 0 Å². The highest BCUT2D eigenvalue weighted by molar-refractivity contribution is 5.84. The van der Waals surface area contributed by atoms with Crippen molar-refractivity contribution >= 4 is 29.7 Å². The topological polar surface area (TPSA) is 196 Å². The van der Waals surface area contributed by atoms with Gasteiger partial charge in [0.05, 0.1) is 0 Å². The second-order valence-electron chi connectivity index (χ2n) is 10.6. The summed E-state index contributed by atoms with van der Waals surface area (Å²) in [4.78, 5) is 56.7. The van der Waals surface area contributed by atoms with Gasteiger partial charge in [-0.1, -0.05) is 77.0 Å². The molecular formula is C29H53N3O8. The third kappa shape index (κ3) is 24.4. The van der Waals surface area contributed by atoms with Gasteiger partial charge >= 0.3 is 17.9 Å². The molecule has 0 saturated heterocycles. The van der Waals surface area contributed by atoms with E-state index in [0.717, 1.165) is 38.5 Å². The minimum Gasteiger partial charge on any atom is -0.481 e. The van der Waals surface area contributed by atoms with Crippen molar-refractivity contribution in [2.24, 2.45) is 5.73 Å². The van der Waals surface area contributed by atoms with Crippen molar-refractivity contribution in [2.75, 3.05) is 6.54 Å². The molecule has 2 atom stereocenters. The number of carbonyl (C=O) groups is 5. The Morgan fingerprint density at radius 3 is 1.45 bits per heavy atom. The average molecular weight is 572 g/mol. The Hall–Kier alpha value is -2.69. The predicted molar refractivity (Wildman–Crippen MR) is 153 cm³/mol. The third-order valence-corrected chi connectivity index (χ3v) is 6.92. The summed E-state index contributed by atoms with van der Waals surface area (Å²) in [5.74, 6) is -3.56. The Morgan fingerprint density at radius 1 is 0.525 bits per heavy atom. The highest BCUT2D eigenvalue weighted by Crippen LogP contribution is 2.14. The maximum atomic E-state index is 12.2. The van der Waals surface area contributed by atoms with E-state index in [1.54, 1.807) is 0 Å². The zero-order valence-corrected chi connectivity index (χ0v) is 24.2. The molecule has 0 aromatic heterocycles. The molecule has 7 N–H and O–H groups in total. The summed E-state index contributed by atoms with van der Waals surface area (Å²) in [6.45, 7) is 0.355. The molecule has 0 spiro atoms. The maximum Gasteiger partial charge on any atom is 0.326 e. The predicted octanol–water partition coefficient (Wildman–Crippen LogP) is 4.36. The van der Waals surface area contributed by atoms with Crippen molar-refractivity contribution in [3.05, 3.63) is 0 Å². The molecule has 0 unspecified atom stereocenters. The van der Waals surface area contributed by atoms with Crippen LogP contribution in [0.25, 0.3) is 0 Å². The maximum absolute atomic E-state index is 12.2. The number of hydrogen-bond acceptors (Lipinski definition) is 6. The van der Waals surface area contributed by atoms with E-state index in [-0.39, 0.29) is 37.5 Å². The second kappa shape index (κ2) is 25.3. The molecule has 0 aliphatic heterocycles. The molecule has 0 aliphatic carbocycles. The largest absolute Gasteiger partial charge is 0.481 e. The van der Waals surface area contributed by atoms with Gasteiger partial charge in [0.2, 0.25) is 11.8 Å². The molecule has 40 heavy (non-hydrogen) atoms. The number of nitrogens with one attached hydrogen (secondary N) is 2. The van der Waals surface area contributed by atoms with E-state index in [0.29, 0.717) is 32.2 Å². The van der Waals surface area contributed by atoms with Gasteiger partial charge in [-0.25, -0.2) is 4.79 Å². The molecule has 0 radical (unpaired) electrons. The van der Waals surface area contributed by atoms with Gasteiger partial charge in [0.15, 0.2) is 0 Å². The first kappa shape index (κ1) is 37.3. The summed E-state index contributed by atoms with van der Waals surface area (Å²) >= 11 is 0. The highest BCUT2D eigenvalue weighted by Gasteiger charge is 2.20. The SMILES string of the molecule is N[C@@H](CCCCNC(=O)CC[C@@H](NC(=O)CCCCCCCCCCCCCCCCC(=O)O)C(=O)O)C(=O)O. The van der Waals surface area contributed by atoms with E-state index < -0.39 is 30.0 Å². The van der Waals surface area contributed by atoms with Gasteiger partial charge in [0, 0.05) is 25.8 Å². The normalized spacial score (nSPS) is 12.4. The zero-order valence-electron chi connectivity index (χ0n) is 24.2. The number of rotatable bonds is 28. The lowest BCUT2D eigenvalue weighted by molar-refractivity contribution is -0.142. The van der Waals surface area contributed by atoms with Crippen molar-refractivity contribution in [3.63, 3.8) is 0 Å². The van der Waals surface area contributed by atoms with E-state index in [4.69, 9.17) is 15.9 Å². The molecule has 0 bridgehead atoms. The lowest BCUT2D eigenvalue weighted by Crippen LogP contribution is -2.41. The lowest BCUT2D eigenvalue weighted by atomic mass is 10.0. The molecule has 0 aromatic rings. The molecule has 232 valence electrons. The molecule has 0 aliphatic rings. The minimum atomic E-state index is -1.17. The van der Waals surface area contributed by atoms with Gasteiger partial charge in [0.25, 0.3) is 0 Å². The van der Waals surface area contributed by atoms with Crippen LogP contribution < -0.4 is 16.4 Å². The summed E-state index contributed by atoms with van der Waals surface area (Å²) in [6.07, 6.45) is 17.2. The van der Waals surface area contributed by atoms with Crippen LogP contribution >= 0.6 is 0 Å². The molecule has 11 heteroatoms.